The van der Waals surface area contributed by atoms with Crippen molar-refractivity contribution in [3.05, 3.63) is 36.2 Å². The van der Waals surface area contributed by atoms with Crippen LogP contribution >= 0.6 is 0 Å². The van der Waals surface area contributed by atoms with Crippen LogP contribution in [0.2, 0.25) is 0 Å². The van der Waals surface area contributed by atoms with E-state index in [1.807, 2.05) is 0 Å². The molecule has 0 aromatic carbocycles. The molecule has 0 fully saturated rings. The highest BCUT2D eigenvalue weighted by Crippen LogP contribution is 2.05. The highest BCUT2D eigenvalue weighted by Gasteiger charge is 1.95. The molecule has 0 radical (unpaired) electrons. The van der Waals surface area contributed by atoms with Crippen LogP contribution in [0.15, 0.2) is 36.2 Å². The summed E-state index contributed by atoms with van der Waals surface area (Å²) in [6, 6.07) is 0. The second-order valence-corrected chi connectivity index (χ2v) is 1.74. The quantitative estimate of drug-likeness (QED) is 0.348. The van der Waals surface area contributed by atoms with Crippen molar-refractivity contribution in [2.75, 3.05) is 6.67 Å². The number of rotatable bonds is 4. The van der Waals surface area contributed by atoms with E-state index in [1.165, 1.54) is 6.08 Å². The van der Waals surface area contributed by atoms with Gasteiger partial charge in [0.1, 0.15) is 12.5 Å². The molecule has 0 amide bonds. The molecular weight excluding hydrogens is 150 g/mol. The van der Waals surface area contributed by atoms with E-state index in [-0.39, 0.29) is 5.57 Å². The molecule has 3 heteroatoms. The molecule has 0 aromatic heterocycles. The summed E-state index contributed by atoms with van der Waals surface area (Å²) >= 11 is 0. The van der Waals surface area contributed by atoms with Crippen molar-refractivity contribution < 1.29 is 13.6 Å². The van der Waals surface area contributed by atoms with Crippen LogP contribution in [-0.4, -0.2) is 13.0 Å². The number of carbonyl (C=O) groups excluding carboxylic acids is 1. The summed E-state index contributed by atoms with van der Waals surface area (Å²) in [4.78, 5) is 9.90. The molecule has 0 saturated heterocycles. The Kier molecular flexibility index (Phi) is 4.90. The van der Waals surface area contributed by atoms with E-state index in [0.29, 0.717) is 6.29 Å². The van der Waals surface area contributed by atoms with Gasteiger partial charge in [0.2, 0.25) is 0 Å². The molecule has 0 aliphatic rings. The first-order chi connectivity index (χ1) is 5.22. The lowest BCUT2D eigenvalue weighted by Crippen LogP contribution is -1.80. The zero-order chi connectivity index (χ0) is 8.69. The third kappa shape index (κ3) is 4.19. The first-order valence-corrected chi connectivity index (χ1v) is 2.95. The molecule has 0 bridgehead atoms. The maximum atomic E-state index is 12.5. The smallest absolute Gasteiger partial charge is 0.152 e. The van der Waals surface area contributed by atoms with Crippen molar-refractivity contribution in [1.29, 1.82) is 0 Å². The lowest BCUT2D eigenvalue weighted by molar-refractivity contribution is -0.104. The Morgan fingerprint density at radius 1 is 1.55 bits per heavy atom. The average Bonchev–Trinajstić information content (AvgIpc) is 2.03. The van der Waals surface area contributed by atoms with Crippen molar-refractivity contribution in [2.24, 2.45) is 0 Å². The van der Waals surface area contributed by atoms with Crippen LogP contribution in [0.3, 0.4) is 0 Å². The molecule has 0 N–H and O–H groups in total. The van der Waals surface area contributed by atoms with Crippen molar-refractivity contribution in [1.82, 2.24) is 0 Å². The number of halogens is 2. The van der Waals surface area contributed by atoms with E-state index in [0.717, 1.165) is 12.2 Å². The fraction of sp³-hybridized carbons (Fsp3) is 0.125. The van der Waals surface area contributed by atoms with Gasteiger partial charge in [-0.2, -0.15) is 0 Å². The van der Waals surface area contributed by atoms with Crippen LogP contribution in [0, 0.1) is 0 Å². The number of carbonyl (C=O) groups is 1. The van der Waals surface area contributed by atoms with Gasteiger partial charge >= 0.3 is 0 Å². The highest BCUT2D eigenvalue weighted by molar-refractivity contribution is 5.78. The normalized spacial score (nSPS) is 12.0. The Balaban J connectivity index is 4.10. The van der Waals surface area contributed by atoms with E-state index in [4.69, 9.17) is 0 Å². The lowest BCUT2D eigenvalue weighted by atomic mass is 10.3. The van der Waals surface area contributed by atoms with E-state index < -0.39 is 12.5 Å². The van der Waals surface area contributed by atoms with Crippen LogP contribution in [0.25, 0.3) is 0 Å². The van der Waals surface area contributed by atoms with Gasteiger partial charge in [0, 0.05) is 5.57 Å². The average molecular weight is 158 g/mol. The summed E-state index contributed by atoms with van der Waals surface area (Å²) in [7, 11) is 0. The Bertz CT molecular complexity index is 204. The molecule has 0 aromatic rings. The molecule has 0 aliphatic heterocycles. The maximum absolute atomic E-state index is 12.5. The minimum absolute atomic E-state index is 0.242. The van der Waals surface area contributed by atoms with E-state index >= 15 is 0 Å². The van der Waals surface area contributed by atoms with Crippen molar-refractivity contribution in [3.8, 4) is 0 Å². The van der Waals surface area contributed by atoms with Gasteiger partial charge in [0.25, 0.3) is 0 Å². The van der Waals surface area contributed by atoms with Crippen molar-refractivity contribution in [3.63, 3.8) is 0 Å². The van der Waals surface area contributed by atoms with Crippen LogP contribution < -0.4 is 0 Å². The van der Waals surface area contributed by atoms with Crippen LogP contribution in [0.1, 0.15) is 0 Å². The van der Waals surface area contributed by atoms with Gasteiger partial charge in [-0.3, -0.25) is 4.79 Å². The van der Waals surface area contributed by atoms with Gasteiger partial charge < -0.3 is 0 Å². The van der Waals surface area contributed by atoms with Crippen LogP contribution in [0.4, 0.5) is 8.78 Å². The van der Waals surface area contributed by atoms with Crippen molar-refractivity contribution in [2.45, 2.75) is 0 Å². The third-order valence-electron chi connectivity index (χ3n) is 0.917. The maximum Gasteiger partial charge on any atom is 0.152 e. The zero-order valence-electron chi connectivity index (χ0n) is 5.89. The van der Waals surface area contributed by atoms with Crippen molar-refractivity contribution >= 4 is 6.29 Å². The minimum atomic E-state index is -0.746. The Labute approximate surface area is 63.7 Å². The molecule has 0 spiro atoms. The number of allylic oxidation sites excluding steroid dienone is 5. The van der Waals surface area contributed by atoms with Gasteiger partial charge in [-0.1, -0.05) is 18.7 Å². The SMILES string of the molecule is C=C(C=O)/C(F)=C\C=C/CF. The Morgan fingerprint density at radius 2 is 2.18 bits per heavy atom. The van der Waals surface area contributed by atoms with Gasteiger partial charge in [-0.05, 0) is 6.08 Å². The standard InChI is InChI=1S/C8H8F2O/c1-7(6-11)8(10)4-2-3-5-9/h2-4,6H,1,5H2/b3-2-,8-4+. The predicted molar refractivity (Wildman–Crippen MR) is 39.5 cm³/mol. The van der Waals surface area contributed by atoms with Crippen LogP contribution in [0.5, 0.6) is 0 Å². The Hall–Kier alpha value is -1.25. The molecule has 11 heavy (non-hydrogen) atoms. The van der Waals surface area contributed by atoms with E-state index in [1.54, 1.807) is 0 Å². The molecule has 0 aliphatic carbocycles. The third-order valence-corrected chi connectivity index (χ3v) is 0.917. The summed E-state index contributed by atoms with van der Waals surface area (Å²) in [5.74, 6) is -0.746. The topological polar surface area (TPSA) is 17.1 Å². The van der Waals surface area contributed by atoms with Gasteiger partial charge in [-0.15, -0.1) is 0 Å². The Morgan fingerprint density at radius 3 is 2.64 bits per heavy atom. The zero-order valence-corrected chi connectivity index (χ0v) is 5.89. The molecule has 60 valence electrons. The first-order valence-electron chi connectivity index (χ1n) is 2.95. The highest BCUT2D eigenvalue weighted by atomic mass is 19.1. The molecule has 1 nitrogen and oxygen atoms in total. The number of alkyl halides is 1. The predicted octanol–water partition coefficient (Wildman–Crippen LogP) is 2.12. The number of aldehydes is 1. The molecule has 0 rings (SSSR count). The first kappa shape index (κ1) is 9.75. The summed E-state index contributed by atoms with van der Waals surface area (Å²) < 4.78 is 23.9. The van der Waals surface area contributed by atoms with Gasteiger partial charge in [-0.25, -0.2) is 8.78 Å². The van der Waals surface area contributed by atoms with Crippen LogP contribution in [-0.2, 0) is 4.79 Å². The van der Waals surface area contributed by atoms with Gasteiger partial charge in [0.05, 0.1) is 0 Å². The second-order valence-electron chi connectivity index (χ2n) is 1.74. The molecule has 0 heterocycles. The summed E-state index contributed by atoms with van der Waals surface area (Å²) in [6.45, 7) is 2.46. The second kappa shape index (κ2) is 5.53. The lowest BCUT2D eigenvalue weighted by Gasteiger charge is -1.87. The number of hydrogen-bond donors (Lipinski definition) is 0. The molecular formula is C8H8F2O. The fourth-order valence-electron chi connectivity index (χ4n) is 0.367. The summed E-state index contributed by atoms with van der Waals surface area (Å²) in [6.07, 6.45) is 3.59. The molecule has 0 unspecified atom stereocenters. The minimum Gasteiger partial charge on any atom is -0.298 e. The van der Waals surface area contributed by atoms with E-state index in [2.05, 4.69) is 6.58 Å². The monoisotopic (exact) mass is 158 g/mol. The van der Waals surface area contributed by atoms with E-state index in [9.17, 15) is 13.6 Å². The fourth-order valence-corrected chi connectivity index (χ4v) is 0.367. The summed E-state index contributed by atoms with van der Waals surface area (Å²) in [5, 5.41) is 0. The summed E-state index contributed by atoms with van der Waals surface area (Å²) in [5.41, 5.74) is -0.242. The molecule has 0 saturated carbocycles. The number of hydrogen-bond acceptors (Lipinski definition) is 1. The molecule has 0 atom stereocenters. The largest absolute Gasteiger partial charge is 0.298 e. The van der Waals surface area contributed by atoms with Gasteiger partial charge in [0.15, 0.2) is 6.29 Å².